The molecule has 19 heavy (non-hydrogen) atoms. The molecule has 0 aliphatic heterocycles. The van der Waals surface area contributed by atoms with E-state index in [1.165, 1.54) is 18.6 Å². The van der Waals surface area contributed by atoms with Crippen LogP contribution in [0.25, 0.3) is 0 Å². The first-order chi connectivity index (χ1) is 9.06. The number of rotatable bonds is 2. The molecule has 1 saturated carbocycles. The normalized spacial score (nSPS) is 19.1. The van der Waals surface area contributed by atoms with Crippen LogP contribution in [0.5, 0.6) is 0 Å². The van der Waals surface area contributed by atoms with Gasteiger partial charge in [0.1, 0.15) is 5.82 Å². The van der Waals surface area contributed by atoms with E-state index in [0.29, 0.717) is 5.92 Å². The van der Waals surface area contributed by atoms with Crippen LogP contribution in [0.3, 0.4) is 0 Å². The molecule has 0 heterocycles. The second kappa shape index (κ2) is 5.95. The van der Waals surface area contributed by atoms with Gasteiger partial charge in [-0.3, -0.25) is 0 Å². The summed E-state index contributed by atoms with van der Waals surface area (Å²) in [5.74, 6) is -0.130. The zero-order valence-corrected chi connectivity index (χ0v) is 11.3. The van der Waals surface area contributed by atoms with Gasteiger partial charge in [0.15, 0.2) is 0 Å². The maximum Gasteiger partial charge on any atom is 0.331 e. The van der Waals surface area contributed by atoms with Gasteiger partial charge >= 0.3 is 5.97 Å². The summed E-state index contributed by atoms with van der Waals surface area (Å²) in [6.45, 7) is 3.29. The van der Waals surface area contributed by atoms with Crippen LogP contribution >= 0.6 is 0 Å². The van der Waals surface area contributed by atoms with Gasteiger partial charge in [0.2, 0.25) is 0 Å². The van der Waals surface area contributed by atoms with Crippen LogP contribution in [0.1, 0.15) is 49.7 Å². The number of carbonyl (C=O) groups excluding carboxylic acids is 1. The van der Waals surface area contributed by atoms with Crippen molar-refractivity contribution in [3.8, 4) is 0 Å². The predicted molar refractivity (Wildman–Crippen MR) is 71.5 cm³/mol. The summed E-state index contributed by atoms with van der Waals surface area (Å²) in [4.78, 5) is 15.3. The van der Waals surface area contributed by atoms with Gasteiger partial charge < -0.3 is 4.84 Å². The van der Waals surface area contributed by atoms with Gasteiger partial charge in [0.05, 0.1) is 5.71 Å². The fraction of sp³-hybridized carbons (Fsp3) is 0.467. The van der Waals surface area contributed by atoms with Crippen LogP contribution in [0, 0.1) is 12.7 Å². The molecule has 0 N–H and O–H groups in total. The van der Waals surface area contributed by atoms with E-state index >= 15 is 0 Å². The van der Waals surface area contributed by atoms with Gasteiger partial charge in [0, 0.05) is 6.92 Å². The van der Waals surface area contributed by atoms with Crippen molar-refractivity contribution in [3.63, 3.8) is 0 Å². The zero-order chi connectivity index (χ0) is 13.8. The summed E-state index contributed by atoms with van der Waals surface area (Å²) < 4.78 is 13.1. The minimum Gasteiger partial charge on any atom is -0.319 e. The van der Waals surface area contributed by atoms with E-state index < -0.39 is 0 Å². The topological polar surface area (TPSA) is 38.7 Å². The number of halogens is 1. The van der Waals surface area contributed by atoms with E-state index in [1.807, 2.05) is 13.0 Å². The molecular formula is C15H18FNO2. The number of benzene rings is 1. The molecule has 0 radical (unpaired) electrons. The number of oxime groups is 1. The second-order valence-corrected chi connectivity index (χ2v) is 5.02. The smallest absolute Gasteiger partial charge is 0.319 e. The fourth-order valence-corrected chi connectivity index (χ4v) is 2.58. The molecule has 1 aliphatic rings. The average molecular weight is 263 g/mol. The quantitative estimate of drug-likeness (QED) is 0.602. The number of hydrogen-bond donors (Lipinski definition) is 0. The van der Waals surface area contributed by atoms with Gasteiger partial charge in [-0.05, 0) is 61.8 Å². The van der Waals surface area contributed by atoms with E-state index in [-0.39, 0.29) is 11.8 Å². The van der Waals surface area contributed by atoms with Crippen molar-refractivity contribution in [3.05, 3.63) is 35.1 Å². The molecule has 0 spiro atoms. The number of nitrogens with zero attached hydrogens (tertiary/aromatic N) is 1. The molecule has 1 aromatic carbocycles. The summed E-state index contributed by atoms with van der Waals surface area (Å²) in [5.41, 5.74) is 3.16. The Hall–Kier alpha value is -1.71. The van der Waals surface area contributed by atoms with Crippen LogP contribution in [0.2, 0.25) is 0 Å². The van der Waals surface area contributed by atoms with E-state index in [0.717, 1.165) is 37.0 Å². The molecule has 0 amide bonds. The van der Waals surface area contributed by atoms with Crippen molar-refractivity contribution in [1.29, 1.82) is 0 Å². The molecule has 0 saturated heterocycles. The van der Waals surface area contributed by atoms with Crippen LogP contribution < -0.4 is 0 Å². The van der Waals surface area contributed by atoms with Gasteiger partial charge in [-0.15, -0.1) is 0 Å². The van der Waals surface area contributed by atoms with Gasteiger partial charge in [0.25, 0.3) is 0 Å². The van der Waals surface area contributed by atoms with E-state index in [1.54, 1.807) is 6.07 Å². The summed E-state index contributed by atoms with van der Waals surface area (Å²) in [7, 11) is 0. The Morgan fingerprint density at radius 1 is 1.37 bits per heavy atom. The Balaban J connectivity index is 2.00. The van der Waals surface area contributed by atoms with E-state index in [4.69, 9.17) is 0 Å². The highest BCUT2D eigenvalue weighted by Gasteiger charge is 2.21. The van der Waals surface area contributed by atoms with E-state index in [2.05, 4.69) is 9.99 Å². The molecule has 1 fully saturated rings. The van der Waals surface area contributed by atoms with Crippen LogP contribution in [-0.2, 0) is 9.63 Å². The number of hydrogen-bond acceptors (Lipinski definition) is 3. The monoisotopic (exact) mass is 263 g/mol. The standard InChI is InChI=1S/C15H18FNO2/c1-10-9-13(16)5-8-15(10)12-3-6-14(7-4-12)17-19-11(2)18/h5,8-9,12H,3-4,6-7H2,1-2H3. The third-order valence-electron chi connectivity index (χ3n) is 3.54. The Morgan fingerprint density at radius 3 is 2.63 bits per heavy atom. The lowest BCUT2D eigenvalue weighted by Crippen LogP contribution is -2.14. The summed E-state index contributed by atoms with van der Waals surface area (Å²) >= 11 is 0. The highest BCUT2D eigenvalue weighted by Crippen LogP contribution is 2.33. The first-order valence-corrected chi connectivity index (χ1v) is 6.55. The number of aryl methyl sites for hydroxylation is 1. The minimum atomic E-state index is -0.385. The molecule has 3 nitrogen and oxygen atoms in total. The lowest BCUT2D eigenvalue weighted by molar-refractivity contribution is -0.141. The Kier molecular flexibility index (Phi) is 4.30. The van der Waals surface area contributed by atoms with Gasteiger partial charge in [-0.2, -0.15) is 0 Å². The molecule has 1 aromatic rings. The highest BCUT2D eigenvalue weighted by atomic mass is 19.1. The van der Waals surface area contributed by atoms with Crippen LogP contribution in [0.4, 0.5) is 4.39 Å². The fourth-order valence-electron chi connectivity index (χ4n) is 2.58. The van der Waals surface area contributed by atoms with Crippen molar-refractivity contribution in [2.24, 2.45) is 5.16 Å². The molecule has 0 unspecified atom stereocenters. The molecule has 0 aromatic heterocycles. The van der Waals surface area contributed by atoms with Crippen LogP contribution in [0.15, 0.2) is 23.4 Å². The maximum absolute atomic E-state index is 13.1. The molecule has 0 atom stereocenters. The Bertz CT molecular complexity index is 501. The van der Waals surface area contributed by atoms with Crippen molar-refractivity contribution >= 4 is 11.7 Å². The highest BCUT2D eigenvalue weighted by molar-refractivity contribution is 5.85. The lowest BCUT2D eigenvalue weighted by Gasteiger charge is -2.24. The summed E-state index contributed by atoms with van der Waals surface area (Å²) in [6.07, 6.45) is 3.59. The first-order valence-electron chi connectivity index (χ1n) is 6.55. The second-order valence-electron chi connectivity index (χ2n) is 5.02. The number of carbonyl (C=O) groups is 1. The van der Waals surface area contributed by atoms with E-state index in [9.17, 15) is 9.18 Å². The first kappa shape index (κ1) is 13.7. The Labute approximate surface area is 112 Å². The molecule has 4 heteroatoms. The summed E-state index contributed by atoms with van der Waals surface area (Å²) in [6, 6.07) is 4.98. The zero-order valence-electron chi connectivity index (χ0n) is 11.3. The molecule has 2 rings (SSSR count). The van der Waals surface area contributed by atoms with Gasteiger partial charge in [-0.1, -0.05) is 11.2 Å². The average Bonchev–Trinajstić information content (AvgIpc) is 2.37. The molecule has 102 valence electrons. The summed E-state index contributed by atoms with van der Waals surface area (Å²) in [5, 5.41) is 3.85. The van der Waals surface area contributed by atoms with Crippen molar-refractivity contribution < 1.29 is 14.0 Å². The van der Waals surface area contributed by atoms with Crippen molar-refractivity contribution in [2.75, 3.05) is 0 Å². The maximum atomic E-state index is 13.1. The largest absolute Gasteiger partial charge is 0.331 e. The van der Waals surface area contributed by atoms with Crippen molar-refractivity contribution in [2.45, 2.75) is 45.4 Å². The predicted octanol–water partition coefficient (Wildman–Crippen LogP) is 3.71. The molecular weight excluding hydrogens is 245 g/mol. The molecule has 1 aliphatic carbocycles. The van der Waals surface area contributed by atoms with Gasteiger partial charge in [-0.25, -0.2) is 9.18 Å². The lowest BCUT2D eigenvalue weighted by atomic mass is 9.81. The van der Waals surface area contributed by atoms with Crippen LogP contribution in [-0.4, -0.2) is 11.7 Å². The molecule has 0 bridgehead atoms. The SMILES string of the molecule is CC(=O)ON=C1CCC(c2ccc(F)cc2C)CC1. The minimum absolute atomic E-state index is 0.186. The third kappa shape index (κ3) is 3.63. The van der Waals surface area contributed by atoms with Crippen molar-refractivity contribution in [1.82, 2.24) is 0 Å². The third-order valence-corrected chi connectivity index (χ3v) is 3.54. The Morgan fingerprint density at radius 2 is 2.05 bits per heavy atom.